The topological polar surface area (TPSA) is 135 Å². The second-order valence-electron chi connectivity index (χ2n) is 8.79. The minimum absolute atomic E-state index is 0.245. The third-order valence-electron chi connectivity index (χ3n) is 4.91. The Labute approximate surface area is 184 Å². The number of carbonyl (C=O) groups excluding carboxylic acids is 2. The van der Waals surface area contributed by atoms with Gasteiger partial charge in [0.15, 0.2) is 5.82 Å². The SMILES string of the molecule is Cn1cc(-c2cc(NC(=O)OC(C)(C)C)c3nnc(NC(=O)[C@@H]4CC4C#N)cc3c2)cn1. The molecule has 1 unspecified atom stereocenters. The van der Waals surface area contributed by atoms with Crippen LogP contribution in [0.3, 0.4) is 0 Å². The first-order chi connectivity index (χ1) is 15.1. The molecule has 3 aromatic rings. The van der Waals surface area contributed by atoms with Gasteiger partial charge in [-0.1, -0.05) is 0 Å². The molecule has 0 radical (unpaired) electrons. The van der Waals surface area contributed by atoms with Crippen molar-refractivity contribution >= 4 is 34.4 Å². The van der Waals surface area contributed by atoms with Crippen LogP contribution >= 0.6 is 0 Å². The highest BCUT2D eigenvalue weighted by atomic mass is 16.6. The summed E-state index contributed by atoms with van der Waals surface area (Å²) >= 11 is 0. The molecular formula is C22H23N7O3. The third kappa shape index (κ3) is 4.67. The molecule has 1 aromatic carbocycles. The first-order valence-corrected chi connectivity index (χ1v) is 10.1. The van der Waals surface area contributed by atoms with Crippen molar-refractivity contribution in [2.75, 3.05) is 10.6 Å². The number of nitriles is 1. The van der Waals surface area contributed by atoms with Gasteiger partial charge in [-0.3, -0.25) is 14.8 Å². The number of nitrogens with zero attached hydrogens (tertiary/aromatic N) is 5. The molecule has 1 saturated carbocycles. The smallest absolute Gasteiger partial charge is 0.412 e. The summed E-state index contributed by atoms with van der Waals surface area (Å²) in [7, 11) is 1.82. The number of carbonyl (C=O) groups is 2. The number of rotatable bonds is 4. The Balaban J connectivity index is 1.69. The van der Waals surface area contributed by atoms with Gasteiger partial charge in [0.1, 0.15) is 11.1 Å². The van der Waals surface area contributed by atoms with E-state index in [1.165, 1.54) is 0 Å². The zero-order chi connectivity index (χ0) is 23.0. The molecule has 10 nitrogen and oxygen atoms in total. The Morgan fingerprint density at radius 1 is 1.19 bits per heavy atom. The average Bonchev–Trinajstić information content (AvgIpc) is 3.38. The van der Waals surface area contributed by atoms with Crippen molar-refractivity contribution in [3.05, 3.63) is 30.6 Å². The molecule has 1 aliphatic rings. The molecule has 1 fully saturated rings. The van der Waals surface area contributed by atoms with E-state index in [9.17, 15) is 9.59 Å². The van der Waals surface area contributed by atoms with Crippen molar-refractivity contribution in [1.82, 2.24) is 20.0 Å². The summed E-state index contributed by atoms with van der Waals surface area (Å²) in [5, 5.41) is 27.6. The lowest BCUT2D eigenvalue weighted by Crippen LogP contribution is -2.27. The van der Waals surface area contributed by atoms with Crippen molar-refractivity contribution in [2.45, 2.75) is 32.8 Å². The van der Waals surface area contributed by atoms with Gasteiger partial charge in [0, 0.05) is 24.2 Å². The molecule has 0 bridgehead atoms. The monoisotopic (exact) mass is 433 g/mol. The second-order valence-corrected chi connectivity index (χ2v) is 8.79. The number of hydrogen-bond acceptors (Lipinski definition) is 7. The molecule has 0 saturated heterocycles. The van der Waals surface area contributed by atoms with Gasteiger partial charge in [0.25, 0.3) is 0 Å². The normalized spacial score (nSPS) is 17.5. The number of fused-ring (bicyclic) bond motifs is 1. The van der Waals surface area contributed by atoms with E-state index in [4.69, 9.17) is 10.00 Å². The highest BCUT2D eigenvalue weighted by Gasteiger charge is 2.43. The van der Waals surface area contributed by atoms with Gasteiger partial charge in [0.2, 0.25) is 5.91 Å². The number of ether oxygens (including phenoxy) is 1. The summed E-state index contributed by atoms with van der Waals surface area (Å²) in [6, 6.07) is 7.44. The van der Waals surface area contributed by atoms with E-state index in [1.54, 1.807) is 43.8 Å². The minimum atomic E-state index is -0.659. The maximum Gasteiger partial charge on any atom is 0.412 e. The van der Waals surface area contributed by atoms with Crippen LogP contribution in [0.2, 0.25) is 0 Å². The van der Waals surface area contributed by atoms with Crippen molar-refractivity contribution in [3.8, 4) is 17.2 Å². The molecule has 4 rings (SSSR count). The predicted molar refractivity (Wildman–Crippen MR) is 117 cm³/mol. The van der Waals surface area contributed by atoms with Crippen LogP contribution in [0.1, 0.15) is 27.2 Å². The first-order valence-electron chi connectivity index (χ1n) is 10.1. The largest absolute Gasteiger partial charge is 0.444 e. The Morgan fingerprint density at radius 3 is 2.59 bits per heavy atom. The molecule has 32 heavy (non-hydrogen) atoms. The quantitative estimate of drug-likeness (QED) is 0.643. The Kier molecular flexibility index (Phi) is 5.26. The van der Waals surface area contributed by atoms with Gasteiger partial charge >= 0.3 is 6.09 Å². The predicted octanol–water partition coefficient (Wildman–Crippen LogP) is 3.48. The van der Waals surface area contributed by atoms with Crippen LogP contribution in [0.4, 0.5) is 16.3 Å². The maximum absolute atomic E-state index is 12.4. The number of aryl methyl sites for hydroxylation is 1. The molecule has 2 N–H and O–H groups in total. The Hall–Kier alpha value is -4.00. The highest BCUT2D eigenvalue weighted by Crippen LogP contribution is 2.38. The summed E-state index contributed by atoms with van der Waals surface area (Å²) < 4.78 is 7.05. The lowest BCUT2D eigenvalue weighted by molar-refractivity contribution is -0.117. The minimum Gasteiger partial charge on any atom is -0.444 e. The standard InChI is InChI=1S/C22H23N7O3/c1-22(2,3)32-21(31)25-17-7-12(15-10-24-29(4)11-15)5-13-8-18(27-28-19(13)17)26-20(30)16-6-14(16)9-23/h5,7-8,10-11,14,16H,6H2,1-4H3,(H,25,31)(H,26,27,30)/t14?,16-/m1/s1. The van der Waals surface area contributed by atoms with E-state index in [1.807, 2.05) is 19.3 Å². The molecule has 2 atom stereocenters. The lowest BCUT2D eigenvalue weighted by Gasteiger charge is -2.20. The molecule has 10 heteroatoms. The van der Waals surface area contributed by atoms with Crippen molar-refractivity contribution in [1.29, 1.82) is 5.26 Å². The summed E-state index contributed by atoms with van der Waals surface area (Å²) in [6.07, 6.45) is 3.51. The van der Waals surface area contributed by atoms with E-state index < -0.39 is 11.7 Å². The maximum atomic E-state index is 12.4. The van der Waals surface area contributed by atoms with Crippen molar-refractivity contribution < 1.29 is 14.3 Å². The van der Waals surface area contributed by atoms with Crippen LogP contribution in [0, 0.1) is 23.2 Å². The molecular weight excluding hydrogens is 410 g/mol. The van der Waals surface area contributed by atoms with Crippen molar-refractivity contribution in [2.24, 2.45) is 18.9 Å². The van der Waals surface area contributed by atoms with Crippen LogP contribution < -0.4 is 10.6 Å². The number of amides is 2. The third-order valence-corrected chi connectivity index (χ3v) is 4.91. The summed E-state index contributed by atoms with van der Waals surface area (Å²) in [5.41, 5.74) is 1.86. The van der Waals surface area contributed by atoms with Gasteiger partial charge in [-0.05, 0) is 51.0 Å². The fourth-order valence-corrected chi connectivity index (χ4v) is 3.31. The lowest BCUT2D eigenvalue weighted by atomic mass is 10.0. The zero-order valence-electron chi connectivity index (χ0n) is 18.2. The fourth-order valence-electron chi connectivity index (χ4n) is 3.31. The highest BCUT2D eigenvalue weighted by molar-refractivity contribution is 6.02. The number of benzene rings is 1. The summed E-state index contributed by atoms with van der Waals surface area (Å²) in [6.45, 7) is 5.34. The van der Waals surface area contributed by atoms with E-state index in [2.05, 4.69) is 32.0 Å². The van der Waals surface area contributed by atoms with Crippen LogP contribution in [0.15, 0.2) is 30.6 Å². The summed E-state index contributed by atoms with van der Waals surface area (Å²) in [5.74, 6) is -0.535. The van der Waals surface area contributed by atoms with Gasteiger partial charge in [-0.25, -0.2) is 4.79 Å². The van der Waals surface area contributed by atoms with Crippen LogP contribution in [0.25, 0.3) is 22.0 Å². The number of nitrogens with one attached hydrogen (secondary N) is 2. The summed E-state index contributed by atoms with van der Waals surface area (Å²) in [4.78, 5) is 24.7. The Bertz CT molecular complexity index is 1250. The van der Waals surface area contributed by atoms with Crippen molar-refractivity contribution in [3.63, 3.8) is 0 Å². The molecule has 0 aliphatic heterocycles. The number of aromatic nitrogens is 4. The van der Waals surface area contributed by atoms with Crippen LogP contribution in [-0.2, 0) is 16.6 Å². The van der Waals surface area contributed by atoms with Crippen LogP contribution in [0.5, 0.6) is 0 Å². The molecule has 164 valence electrons. The zero-order valence-corrected chi connectivity index (χ0v) is 18.2. The van der Waals surface area contributed by atoms with E-state index in [0.29, 0.717) is 23.0 Å². The molecule has 1 aliphatic carbocycles. The fraction of sp³-hybridized carbons (Fsp3) is 0.364. The number of hydrogen-bond donors (Lipinski definition) is 2. The van der Waals surface area contributed by atoms with Gasteiger partial charge in [0.05, 0.1) is 29.8 Å². The molecule has 2 amide bonds. The molecule has 0 spiro atoms. The van der Waals surface area contributed by atoms with Gasteiger partial charge in [-0.15, -0.1) is 10.2 Å². The van der Waals surface area contributed by atoms with Crippen LogP contribution in [-0.4, -0.2) is 37.6 Å². The van der Waals surface area contributed by atoms with Gasteiger partial charge < -0.3 is 10.1 Å². The first kappa shape index (κ1) is 21.2. The van der Waals surface area contributed by atoms with E-state index >= 15 is 0 Å². The second kappa shape index (κ2) is 7.92. The van der Waals surface area contributed by atoms with E-state index in [0.717, 1.165) is 11.1 Å². The Morgan fingerprint density at radius 2 is 1.97 bits per heavy atom. The molecule has 2 aromatic heterocycles. The van der Waals surface area contributed by atoms with E-state index in [-0.39, 0.29) is 23.6 Å². The van der Waals surface area contributed by atoms with Gasteiger partial charge in [-0.2, -0.15) is 10.4 Å². The number of anilines is 2. The average molecular weight is 433 g/mol. The molecule has 2 heterocycles.